The predicted molar refractivity (Wildman–Crippen MR) is 235 cm³/mol. The summed E-state index contributed by atoms with van der Waals surface area (Å²) < 4.78 is 20.8. The Hall–Kier alpha value is -6.19. The summed E-state index contributed by atoms with van der Waals surface area (Å²) in [6.07, 6.45) is 9.66. The molecule has 10 rings (SSSR count). The molecule has 0 spiro atoms. The van der Waals surface area contributed by atoms with Gasteiger partial charge in [0.15, 0.2) is 11.6 Å². The van der Waals surface area contributed by atoms with Crippen LogP contribution >= 0.6 is 0 Å². The van der Waals surface area contributed by atoms with Crippen molar-refractivity contribution in [1.82, 2.24) is 40.0 Å². The molecule has 5 aliphatic heterocycles. The molecule has 0 bridgehead atoms. The molecular formula is C48H53FN10O4. The molecule has 326 valence electrons. The van der Waals surface area contributed by atoms with Crippen molar-refractivity contribution in [1.29, 1.82) is 0 Å². The zero-order valence-corrected chi connectivity index (χ0v) is 35.6. The summed E-state index contributed by atoms with van der Waals surface area (Å²) >= 11 is 0. The van der Waals surface area contributed by atoms with E-state index in [4.69, 9.17) is 10.5 Å². The van der Waals surface area contributed by atoms with Gasteiger partial charge in [0.25, 0.3) is 5.91 Å². The van der Waals surface area contributed by atoms with Crippen LogP contribution in [0.1, 0.15) is 84.2 Å². The fraction of sp³-hybridized carbons (Fsp3) is 0.417. The van der Waals surface area contributed by atoms with Crippen LogP contribution in [0.4, 0.5) is 15.9 Å². The summed E-state index contributed by atoms with van der Waals surface area (Å²) in [5.41, 5.74) is 14.9. The lowest BCUT2D eigenvalue weighted by Crippen LogP contribution is -2.52. The van der Waals surface area contributed by atoms with Gasteiger partial charge >= 0.3 is 0 Å². The fourth-order valence-corrected chi connectivity index (χ4v) is 10.4. The van der Waals surface area contributed by atoms with Crippen LogP contribution in [0.5, 0.6) is 5.75 Å². The van der Waals surface area contributed by atoms with Gasteiger partial charge in [0.1, 0.15) is 18.0 Å². The van der Waals surface area contributed by atoms with E-state index < -0.39 is 12.1 Å². The molecule has 63 heavy (non-hydrogen) atoms. The van der Waals surface area contributed by atoms with Crippen molar-refractivity contribution in [2.75, 3.05) is 49.9 Å². The van der Waals surface area contributed by atoms with Gasteiger partial charge in [-0.2, -0.15) is 15.0 Å². The van der Waals surface area contributed by atoms with Crippen LogP contribution in [0.2, 0.25) is 0 Å². The molecule has 1 unspecified atom stereocenters. The number of hydrogen-bond acceptors (Lipinski definition) is 11. The van der Waals surface area contributed by atoms with Gasteiger partial charge in [-0.1, -0.05) is 24.3 Å². The number of likely N-dealkylation sites (tertiary alicyclic amines) is 1. The van der Waals surface area contributed by atoms with Gasteiger partial charge in [-0.15, -0.1) is 0 Å². The molecule has 5 aliphatic rings. The summed E-state index contributed by atoms with van der Waals surface area (Å²) in [5, 5.41) is 10.9. The van der Waals surface area contributed by atoms with Gasteiger partial charge in [0, 0.05) is 80.8 Å². The number of ether oxygens (including phenoxy) is 1. The standard InChI is InChI=1S/C48H53FN10O4/c1-30(39-22-36(49)6-8-42(39)59-52-15-16-53-59)63-44-21-35(24-51-46(44)50)38-4-2-3-33-27-56(29-41(33)38)26-31-11-17-55(18-12-31)25-32-13-19-57(20-14-32)37-7-5-34-28-58(48(62)40(34)23-37)43-9-10-45(60)54-47(43)61/h2-8,15-16,21-24,30-32,43H,9-14,17-20,25-29H2,1H3,(H2,50,51)(H,54,60,61)/t30-,43?/m1/s1. The summed E-state index contributed by atoms with van der Waals surface area (Å²) in [4.78, 5) is 52.8. The molecule has 3 saturated heterocycles. The van der Waals surface area contributed by atoms with E-state index in [-0.39, 0.29) is 35.8 Å². The molecule has 2 aromatic heterocycles. The lowest BCUT2D eigenvalue weighted by Gasteiger charge is -2.39. The monoisotopic (exact) mass is 852 g/mol. The van der Waals surface area contributed by atoms with E-state index in [2.05, 4.69) is 59.5 Å². The third kappa shape index (κ3) is 8.39. The third-order valence-corrected chi connectivity index (χ3v) is 13.8. The van der Waals surface area contributed by atoms with E-state index >= 15 is 0 Å². The van der Waals surface area contributed by atoms with Gasteiger partial charge in [0.2, 0.25) is 11.8 Å². The Morgan fingerprint density at radius 3 is 2.37 bits per heavy atom. The second kappa shape index (κ2) is 17.2. The van der Waals surface area contributed by atoms with Crippen molar-refractivity contribution < 1.29 is 23.5 Å². The summed E-state index contributed by atoms with van der Waals surface area (Å²) in [6, 6.07) is 18.4. The molecular weight excluding hydrogens is 800 g/mol. The number of hydrogen-bond donors (Lipinski definition) is 2. The minimum Gasteiger partial charge on any atom is -0.482 e. The molecule has 2 atom stereocenters. The number of imide groups is 1. The van der Waals surface area contributed by atoms with E-state index in [1.54, 1.807) is 29.6 Å². The van der Waals surface area contributed by atoms with Gasteiger partial charge in [0.05, 0.1) is 18.1 Å². The number of fused-ring (bicyclic) bond motifs is 2. The first-order valence-corrected chi connectivity index (χ1v) is 22.3. The smallest absolute Gasteiger partial charge is 0.255 e. The zero-order chi connectivity index (χ0) is 43.2. The van der Waals surface area contributed by atoms with Gasteiger partial charge in [-0.05, 0) is 123 Å². The van der Waals surface area contributed by atoms with E-state index in [0.717, 1.165) is 87.6 Å². The highest BCUT2D eigenvalue weighted by Gasteiger charge is 2.39. The molecule has 14 nitrogen and oxygen atoms in total. The molecule has 0 radical (unpaired) electrons. The Kier molecular flexibility index (Phi) is 11.1. The Bertz CT molecular complexity index is 2530. The first-order valence-electron chi connectivity index (χ1n) is 22.3. The van der Waals surface area contributed by atoms with Crippen LogP contribution in [0.25, 0.3) is 16.8 Å². The van der Waals surface area contributed by atoms with Crippen molar-refractivity contribution in [2.24, 2.45) is 11.8 Å². The highest BCUT2D eigenvalue weighted by Crippen LogP contribution is 2.38. The van der Waals surface area contributed by atoms with E-state index in [9.17, 15) is 18.8 Å². The Morgan fingerprint density at radius 1 is 0.825 bits per heavy atom. The number of nitrogens with two attached hydrogens (primary N) is 1. The van der Waals surface area contributed by atoms with E-state index in [1.807, 2.05) is 25.1 Å². The summed E-state index contributed by atoms with van der Waals surface area (Å²) in [7, 11) is 0. The van der Waals surface area contributed by atoms with Crippen molar-refractivity contribution in [3.05, 3.63) is 113 Å². The lowest BCUT2D eigenvalue weighted by molar-refractivity contribution is -0.136. The number of pyridine rings is 1. The van der Waals surface area contributed by atoms with Crippen LogP contribution in [0, 0.1) is 17.7 Å². The van der Waals surface area contributed by atoms with Crippen LogP contribution in [0.15, 0.2) is 79.3 Å². The zero-order valence-electron chi connectivity index (χ0n) is 35.6. The molecule has 7 heterocycles. The summed E-state index contributed by atoms with van der Waals surface area (Å²) in [6.45, 7) is 10.4. The molecule has 5 aromatic rings. The topological polar surface area (TPSA) is 155 Å². The number of carbonyl (C=O) groups is 3. The fourth-order valence-electron chi connectivity index (χ4n) is 10.4. The lowest BCUT2D eigenvalue weighted by atomic mass is 9.92. The number of nitrogen functional groups attached to an aromatic ring is 1. The maximum atomic E-state index is 14.4. The van der Waals surface area contributed by atoms with Gasteiger partial charge in [-0.3, -0.25) is 24.6 Å². The molecule has 3 fully saturated rings. The molecule has 3 aromatic carbocycles. The van der Waals surface area contributed by atoms with Crippen LogP contribution in [0.3, 0.4) is 0 Å². The highest BCUT2D eigenvalue weighted by molar-refractivity contribution is 6.05. The Balaban J connectivity index is 0.704. The second-order valence-electron chi connectivity index (χ2n) is 17.9. The number of carbonyl (C=O) groups excluding carboxylic acids is 3. The number of nitrogens with one attached hydrogen (secondary N) is 1. The molecule has 15 heteroatoms. The van der Waals surface area contributed by atoms with Crippen molar-refractivity contribution >= 4 is 29.2 Å². The number of benzene rings is 3. The molecule has 0 aliphatic carbocycles. The third-order valence-electron chi connectivity index (χ3n) is 13.8. The molecule has 3 N–H and O–H groups in total. The number of anilines is 2. The quantitative estimate of drug-likeness (QED) is 0.153. The minimum atomic E-state index is -0.595. The average Bonchev–Trinajstić information content (AvgIpc) is 4.05. The van der Waals surface area contributed by atoms with Crippen molar-refractivity contribution in [3.63, 3.8) is 0 Å². The van der Waals surface area contributed by atoms with Gasteiger partial charge < -0.3 is 25.2 Å². The van der Waals surface area contributed by atoms with E-state index in [0.29, 0.717) is 47.4 Å². The highest BCUT2D eigenvalue weighted by atomic mass is 19.1. The van der Waals surface area contributed by atoms with Gasteiger partial charge in [-0.25, -0.2) is 9.37 Å². The molecule has 0 saturated carbocycles. The van der Waals surface area contributed by atoms with Crippen LogP contribution < -0.4 is 20.7 Å². The van der Waals surface area contributed by atoms with E-state index in [1.165, 1.54) is 40.9 Å². The van der Waals surface area contributed by atoms with Crippen LogP contribution in [-0.2, 0) is 29.2 Å². The number of nitrogens with zero attached hydrogens (tertiary/aromatic N) is 8. The minimum absolute atomic E-state index is 0.121. The Morgan fingerprint density at radius 2 is 1.59 bits per heavy atom. The number of amides is 3. The van der Waals surface area contributed by atoms with Crippen LogP contribution in [-0.4, -0.2) is 97.7 Å². The maximum absolute atomic E-state index is 14.4. The average molecular weight is 853 g/mol. The number of aromatic nitrogens is 4. The molecule has 3 amide bonds. The first-order chi connectivity index (χ1) is 30.6. The number of halogens is 1. The largest absolute Gasteiger partial charge is 0.482 e. The SMILES string of the molecule is C[C@@H](Oc1cc(-c2cccc3c2CN(CC2CCN(CC4CCN(c5ccc6c(c5)C(=O)N(C5CCC(=O)NC5=O)C6)CC4)CC2)C3)cnc1N)c1cc(F)ccc1-n1nccn1. The number of piperidine rings is 3. The predicted octanol–water partition coefficient (Wildman–Crippen LogP) is 5.90. The van der Waals surface area contributed by atoms with Crippen molar-refractivity contribution in [3.8, 4) is 22.6 Å². The summed E-state index contributed by atoms with van der Waals surface area (Å²) in [5.74, 6) is 0.859. The van der Waals surface area contributed by atoms with Crippen molar-refractivity contribution in [2.45, 2.75) is 77.2 Å². The maximum Gasteiger partial charge on any atom is 0.255 e. The Labute approximate surface area is 366 Å². The second-order valence-corrected chi connectivity index (χ2v) is 17.9. The first kappa shape index (κ1) is 40.9. The normalized spacial score (nSPS) is 20.5. The number of rotatable bonds is 11.